The van der Waals surface area contributed by atoms with E-state index in [1.165, 1.54) is 11.3 Å². The van der Waals surface area contributed by atoms with Gasteiger partial charge in [0.25, 0.3) is 0 Å². The third-order valence-corrected chi connectivity index (χ3v) is 4.91. The highest BCUT2D eigenvalue weighted by Gasteiger charge is 2.21. The summed E-state index contributed by atoms with van der Waals surface area (Å²) in [5.74, 6) is 0.203. The van der Waals surface area contributed by atoms with E-state index >= 15 is 0 Å². The summed E-state index contributed by atoms with van der Waals surface area (Å²) in [5, 5.41) is 17.3. The van der Waals surface area contributed by atoms with E-state index in [1.807, 2.05) is 23.1 Å². The van der Waals surface area contributed by atoms with Crippen LogP contribution in [-0.2, 0) is 12.8 Å². The van der Waals surface area contributed by atoms with Crippen LogP contribution >= 0.6 is 12.2 Å². The fourth-order valence-electron chi connectivity index (χ4n) is 3.09. The van der Waals surface area contributed by atoms with Crippen LogP contribution in [0.4, 0.5) is 11.4 Å². The number of phenols is 1. The number of thiocarbonyl (C=S) groups is 1. The molecule has 0 fully saturated rings. The van der Waals surface area contributed by atoms with Gasteiger partial charge < -0.3 is 15.7 Å². The molecule has 0 saturated carbocycles. The quantitative estimate of drug-likeness (QED) is 0.728. The van der Waals surface area contributed by atoms with Gasteiger partial charge in [0.2, 0.25) is 0 Å². The van der Waals surface area contributed by atoms with Gasteiger partial charge in [-0.15, -0.1) is 0 Å². The molecule has 25 heavy (non-hydrogen) atoms. The van der Waals surface area contributed by atoms with Crippen LogP contribution in [0, 0.1) is 0 Å². The third kappa shape index (κ3) is 3.33. The molecule has 0 spiro atoms. The number of anilines is 2. The van der Waals surface area contributed by atoms with Crippen molar-refractivity contribution in [2.45, 2.75) is 19.8 Å². The van der Waals surface area contributed by atoms with Crippen molar-refractivity contribution in [1.29, 1.82) is 0 Å². The first kappa shape index (κ1) is 17.3. The van der Waals surface area contributed by atoms with Crippen molar-refractivity contribution >= 4 is 34.4 Å². The predicted molar refractivity (Wildman–Crippen MR) is 109 cm³/mol. The van der Waals surface area contributed by atoms with E-state index in [2.05, 4.69) is 36.3 Å². The molecule has 0 aromatic heterocycles. The topological polar surface area (TPSA) is 47.5 Å². The lowest BCUT2D eigenvalue weighted by Gasteiger charge is -2.28. The first-order valence-corrected chi connectivity index (χ1v) is 8.85. The summed E-state index contributed by atoms with van der Waals surface area (Å²) in [4.78, 5) is 1.88. The van der Waals surface area contributed by atoms with Crippen molar-refractivity contribution in [2.24, 2.45) is 0 Å². The summed E-state index contributed by atoms with van der Waals surface area (Å²) in [6.45, 7) is 7.26. The molecule has 0 aliphatic carbocycles. The van der Waals surface area contributed by atoms with E-state index in [0.29, 0.717) is 16.4 Å². The van der Waals surface area contributed by atoms with Gasteiger partial charge in [-0.25, -0.2) is 0 Å². The first-order valence-electron chi connectivity index (χ1n) is 8.45. The van der Waals surface area contributed by atoms with E-state index in [9.17, 15) is 5.11 Å². The standard InChI is InChI=1S/C20H23N3OS/c1-4-14-5-8-19(24)17(11-14)13(2)23(20(25)21-3)16-6-7-18-15(12-16)9-10-22-18/h5-8,11-12,22,24H,2,4,9-10H2,1,3H3,(H,21,25). The Labute approximate surface area is 154 Å². The molecule has 0 amide bonds. The first-order chi connectivity index (χ1) is 12.0. The number of rotatable bonds is 4. The maximum atomic E-state index is 10.3. The Morgan fingerprint density at radius 2 is 2.12 bits per heavy atom. The molecule has 1 aliphatic rings. The molecule has 3 rings (SSSR count). The van der Waals surface area contributed by atoms with Crippen LogP contribution in [-0.4, -0.2) is 23.8 Å². The van der Waals surface area contributed by atoms with E-state index in [0.717, 1.165) is 30.6 Å². The number of phenolic OH excluding ortho intramolecular Hbond substituents is 1. The van der Waals surface area contributed by atoms with Crippen LogP contribution in [0.2, 0.25) is 0 Å². The molecule has 0 unspecified atom stereocenters. The van der Waals surface area contributed by atoms with Crippen molar-refractivity contribution < 1.29 is 5.11 Å². The minimum absolute atomic E-state index is 0.203. The average molecular weight is 353 g/mol. The Morgan fingerprint density at radius 1 is 1.32 bits per heavy atom. The van der Waals surface area contributed by atoms with Gasteiger partial charge in [-0.3, -0.25) is 4.90 Å². The molecule has 0 atom stereocenters. The second kappa shape index (κ2) is 7.15. The summed E-state index contributed by atoms with van der Waals surface area (Å²) in [6, 6.07) is 11.8. The Kier molecular flexibility index (Phi) is 4.95. The summed E-state index contributed by atoms with van der Waals surface area (Å²) >= 11 is 5.52. The molecule has 2 aromatic rings. The van der Waals surface area contributed by atoms with Gasteiger partial charge in [0.05, 0.1) is 5.70 Å². The van der Waals surface area contributed by atoms with Gasteiger partial charge in [0, 0.05) is 30.5 Å². The summed E-state index contributed by atoms with van der Waals surface area (Å²) < 4.78 is 0. The number of benzene rings is 2. The van der Waals surface area contributed by atoms with Crippen LogP contribution in [0.5, 0.6) is 5.75 Å². The van der Waals surface area contributed by atoms with Gasteiger partial charge in [0.1, 0.15) is 5.75 Å². The molecule has 3 N–H and O–H groups in total. The SMILES string of the molecule is C=C(c1cc(CC)ccc1O)N(C(=S)NC)c1ccc2c(c1)CCN2. The number of hydrogen-bond donors (Lipinski definition) is 3. The van der Waals surface area contributed by atoms with Crippen LogP contribution in [0.25, 0.3) is 5.70 Å². The van der Waals surface area contributed by atoms with Crippen molar-refractivity contribution in [3.8, 4) is 5.75 Å². The zero-order valence-electron chi connectivity index (χ0n) is 14.6. The van der Waals surface area contributed by atoms with Gasteiger partial charge in [-0.05, 0) is 66.5 Å². The lowest BCUT2D eigenvalue weighted by atomic mass is 10.0. The maximum absolute atomic E-state index is 10.3. The normalized spacial score (nSPS) is 12.2. The number of nitrogens with one attached hydrogen (secondary N) is 2. The number of aryl methyl sites for hydroxylation is 1. The Morgan fingerprint density at radius 3 is 2.84 bits per heavy atom. The molecule has 130 valence electrons. The highest BCUT2D eigenvalue weighted by atomic mass is 32.1. The van der Waals surface area contributed by atoms with Gasteiger partial charge in [-0.1, -0.05) is 19.6 Å². The molecule has 2 aromatic carbocycles. The van der Waals surface area contributed by atoms with Gasteiger partial charge >= 0.3 is 0 Å². The fraction of sp³-hybridized carbons (Fsp3) is 0.250. The Balaban J connectivity index is 2.04. The Hall–Kier alpha value is -2.53. The molecule has 0 radical (unpaired) electrons. The van der Waals surface area contributed by atoms with Crippen molar-refractivity contribution in [1.82, 2.24) is 5.32 Å². The summed E-state index contributed by atoms with van der Waals surface area (Å²) in [6.07, 6.45) is 1.88. The molecule has 4 nitrogen and oxygen atoms in total. The second-order valence-electron chi connectivity index (χ2n) is 6.06. The highest BCUT2D eigenvalue weighted by Crippen LogP contribution is 2.34. The van der Waals surface area contributed by atoms with Crippen LogP contribution in [0.1, 0.15) is 23.6 Å². The monoisotopic (exact) mass is 353 g/mol. The van der Waals surface area contributed by atoms with Crippen LogP contribution < -0.4 is 15.5 Å². The lowest BCUT2D eigenvalue weighted by molar-refractivity contribution is 0.473. The molecule has 0 bridgehead atoms. The van der Waals surface area contributed by atoms with E-state index in [1.54, 1.807) is 13.1 Å². The lowest BCUT2D eigenvalue weighted by Crippen LogP contribution is -2.36. The van der Waals surface area contributed by atoms with E-state index in [-0.39, 0.29) is 5.75 Å². The number of fused-ring (bicyclic) bond motifs is 1. The van der Waals surface area contributed by atoms with Crippen LogP contribution in [0.3, 0.4) is 0 Å². The zero-order chi connectivity index (χ0) is 18.0. The van der Waals surface area contributed by atoms with Crippen molar-refractivity contribution in [2.75, 3.05) is 23.8 Å². The molecule has 1 aliphatic heterocycles. The highest BCUT2D eigenvalue weighted by molar-refractivity contribution is 7.80. The van der Waals surface area contributed by atoms with E-state index < -0.39 is 0 Å². The fourth-order valence-corrected chi connectivity index (χ4v) is 3.31. The molecule has 5 heteroatoms. The molecular formula is C20H23N3OS. The Bertz CT molecular complexity index is 832. The minimum Gasteiger partial charge on any atom is -0.507 e. The van der Waals surface area contributed by atoms with Crippen molar-refractivity contribution in [3.63, 3.8) is 0 Å². The van der Waals surface area contributed by atoms with Gasteiger partial charge in [-0.2, -0.15) is 0 Å². The number of hydrogen-bond acceptors (Lipinski definition) is 3. The summed E-state index contributed by atoms with van der Waals surface area (Å²) in [5.41, 5.74) is 5.85. The van der Waals surface area contributed by atoms with Crippen molar-refractivity contribution in [3.05, 3.63) is 59.7 Å². The van der Waals surface area contributed by atoms with Gasteiger partial charge in [0.15, 0.2) is 5.11 Å². The third-order valence-electron chi connectivity index (χ3n) is 4.52. The van der Waals surface area contributed by atoms with Crippen LogP contribution in [0.15, 0.2) is 43.0 Å². The number of nitrogens with zero attached hydrogens (tertiary/aromatic N) is 1. The zero-order valence-corrected chi connectivity index (χ0v) is 15.4. The molecule has 0 saturated heterocycles. The average Bonchev–Trinajstić information content (AvgIpc) is 3.09. The minimum atomic E-state index is 0.203. The predicted octanol–water partition coefficient (Wildman–Crippen LogP) is 3.90. The summed E-state index contributed by atoms with van der Waals surface area (Å²) in [7, 11) is 1.79. The molecule has 1 heterocycles. The van der Waals surface area contributed by atoms with E-state index in [4.69, 9.17) is 12.2 Å². The molecular weight excluding hydrogens is 330 g/mol. The maximum Gasteiger partial charge on any atom is 0.177 e. The number of aromatic hydroxyl groups is 1. The largest absolute Gasteiger partial charge is 0.507 e. The smallest absolute Gasteiger partial charge is 0.177 e. The second-order valence-corrected chi connectivity index (χ2v) is 6.45.